The minimum absolute atomic E-state index is 0.0286. The molecule has 0 unspecified atom stereocenters. The molecular weight excluding hydrogens is 198 g/mol. The van der Waals surface area contributed by atoms with Gasteiger partial charge in [0.2, 0.25) is 5.88 Å². The van der Waals surface area contributed by atoms with E-state index in [9.17, 15) is 0 Å². The van der Waals surface area contributed by atoms with Crippen LogP contribution in [-0.4, -0.2) is 43.6 Å². The van der Waals surface area contributed by atoms with Crippen molar-refractivity contribution < 1.29 is 19.3 Å². The van der Waals surface area contributed by atoms with Gasteiger partial charge in [0.1, 0.15) is 12.4 Å². The molecule has 15 heavy (non-hydrogen) atoms. The first-order chi connectivity index (χ1) is 7.36. The Morgan fingerprint density at radius 2 is 2.13 bits per heavy atom. The van der Waals surface area contributed by atoms with Gasteiger partial charge in [0, 0.05) is 6.07 Å². The zero-order valence-corrected chi connectivity index (χ0v) is 8.68. The summed E-state index contributed by atoms with van der Waals surface area (Å²) in [5, 5.41) is 8.45. The SMILES string of the molecule is COc1ccc(OCCOCCO)nc1. The Bertz CT molecular complexity index is 263. The van der Waals surface area contributed by atoms with Gasteiger partial charge in [-0.25, -0.2) is 4.98 Å². The van der Waals surface area contributed by atoms with Crippen LogP contribution >= 0.6 is 0 Å². The fraction of sp³-hybridized carbons (Fsp3) is 0.500. The third-order valence-corrected chi connectivity index (χ3v) is 1.66. The molecule has 1 rings (SSSR count). The van der Waals surface area contributed by atoms with Crippen LogP contribution in [0, 0.1) is 0 Å². The maximum Gasteiger partial charge on any atom is 0.213 e. The van der Waals surface area contributed by atoms with Crippen LogP contribution in [0.3, 0.4) is 0 Å². The van der Waals surface area contributed by atoms with Gasteiger partial charge in [-0.1, -0.05) is 0 Å². The summed E-state index contributed by atoms with van der Waals surface area (Å²) in [5.41, 5.74) is 0. The Kier molecular flexibility index (Phi) is 5.50. The van der Waals surface area contributed by atoms with E-state index in [1.165, 1.54) is 0 Å². The van der Waals surface area contributed by atoms with Gasteiger partial charge < -0.3 is 19.3 Å². The van der Waals surface area contributed by atoms with Crippen LogP contribution in [-0.2, 0) is 4.74 Å². The molecule has 84 valence electrons. The topological polar surface area (TPSA) is 60.8 Å². The Hall–Kier alpha value is -1.33. The van der Waals surface area contributed by atoms with Gasteiger partial charge in [-0.3, -0.25) is 0 Å². The molecule has 0 saturated carbocycles. The van der Waals surface area contributed by atoms with Crippen LogP contribution < -0.4 is 9.47 Å². The van der Waals surface area contributed by atoms with E-state index < -0.39 is 0 Å². The molecule has 1 N–H and O–H groups in total. The highest BCUT2D eigenvalue weighted by atomic mass is 16.5. The first-order valence-corrected chi connectivity index (χ1v) is 4.68. The van der Waals surface area contributed by atoms with Gasteiger partial charge in [-0.05, 0) is 6.07 Å². The van der Waals surface area contributed by atoms with Gasteiger partial charge in [-0.15, -0.1) is 0 Å². The van der Waals surface area contributed by atoms with Crippen molar-refractivity contribution >= 4 is 0 Å². The maximum atomic E-state index is 8.45. The van der Waals surface area contributed by atoms with Gasteiger partial charge in [0.15, 0.2) is 0 Å². The van der Waals surface area contributed by atoms with Crippen molar-refractivity contribution in [3.63, 3.8) is 0 Å². The van der Waals surface area contributed by atoms with Gasteiger partial charge >= 0.3 is 0 Å². The molecule has 0 aliphatic rings. The van der Waals surface area contributed by atoms with E-state index in [0.29, 0.717) is 31.5 Å². The minimum Gasteiger partial charge on any atom is -0.495 e. The summed E-state index contributed by atoms with van der Waals surface area (Å²) in [6.07, 6.45) is 1.59. The van der Waals surface area contributed by atoms with E-state index in [4.69, 9.17) is 19.3 Å². The van der Waals surface area contributed by atoms with Gasteiger partial charge in [-0.2, -0.15) is 0 Å². The Morgan fingerprint density at radius 3 is 2.73 bits per heavy atom. The van der Waals surface area contributed by atoms with Crippen molar-refractivity contribution in [3.8, 4) is 11.6 Å². The Balaban J connectivity index is 2.20. The quantitative estimate of drug-likeness (QED) is 0.667. The summed E-state index contributed by atoms with van der Waals surface area (Å²) in [5.74, 6) is 1.22. The Morgan fingerprint density at radius 1 is 1.27 bits per heavy atom. The fourth-order valence-electron chi connectivity index (χ4n) is 0.945. The van der Waals surface area contributed by atoms with Crippen molar-refractivity contribution in [1.82, 2.24) is 4.98 Å². The van der Waals surface area contributed by atoms with E-state index in [-0.39, 0.29) is 6.61 Å². The number of pyridine rings is 1. The lowest BCUT2D eigenvalue weighted by atomic mass is 10.4. The molecule has 0 aliphatic carbocycles. The molecular formula is C10H15NO4. The molecule has 0 fully saturated rings. The summed E-state index contributed by atoms with van der Waals surface area (Å²) in [6.45, 7) is 1.22. The molecule has 5 nitrogen and oxygen atoms in total. The molecule has 1 aromatic heterocycles. The van der Waals surface area contributed by atoms with E-state index >= 15 is 0 Å². The minimum atomic E-state index is 0.0286. The number of ether oxygens (including phenoxy) is 3. The van der Waals surface area contributed by atoms with Crippen molar-refractivity contribution in [3.05, 3.63) is 18.3 Å². The molecule has 1 aromatic rings. The van der Waals surface area contributed by atoms with E-state index in [1.54, 1.807) is 25.4 Å². The van der Waals surface area contributed by atoms with E-state index in [0.717, 1.165) is 0 Å². The predicted octanol–water partition coefficient (Wildman–Crippen LogP) is 0.478. The number of nitrogens with zero attached hydrogens (tertiary/aromatic N) is 1. The van der Waals surface area contributed by atoms with Crippen molar-refractivity contribution in [2.75, 3.05) is 33.5 Å². The molecule has 0 saturated heterocycles. The second-order valence-electron chi connectivity index (χ2n) is 2.72. The van der Waals surface area contributed by atoms with Crippen LogP contribution in [0.25, 0.3) is 0 Å². The predicted molar refractivity (Wildman–Crippen MR) is 54.2 cm³/mol. The third kappa shape index (κ3) is 4.62. The molecule has 0 bridgehead atoms. The normalized spacial score (nSPS) is 10.0. The second kappa shape index (κ2) is 7.03. The molecule has 0 aliphatic heterocycles. The number of aliphatic hydroxyl groups is 1. The number of rotatable bonds is 7. The van der Waals surface area contributed by atoms with Crippen LogP contribution in [0.2, 0.25) is 0 Å². The number of methoxy groups -OCH3 is 1. The summed E-state index contributed by atoms with van der Waals surface area (Å²) in [6, 6.07) is 3.50. The van der Waals surface area contributed by atoms with Crippen LogP contribution in [0.1, 0.15) is 0 Å². The maximum absolute atomic E-state index is 8.45. The zero-order valence-electron chi connectivity index (χ0n) is 8.68. The fourth-order valence-corrected chi connectivity index (χ4v) is 0.945. The highest BCUT2D eigenvalue weighted by Crippen LogP contribution is 2.12. The summed E-state index contributed by atoms with van der Waals surface area (Å²) in [4.78, 5) is 4.02. The first kappa shape index (κ1) is 11.7. The van der Waals surface area contributed by atoms with Gasteiger partial charge in [0.25, 0.3) is 0 Å². The smallest absolute Gasteiger partial charge is 0.213 e. The van der Waals surface area contributed by atoms with Crippen molar-refractivity contribution in [2.45, 2.75) is 0 Å². The molecule has 0 atom stereocenters. The largest absolute Gasteiger partial charge is 0.495 e. The second-order valence-corrected chi connectivity index (χ2v) is 2.72. The summed E-state index contributed by atoms with van der Waals surface area (Å²) >= 11 is 0. The molecule has 1 heterocycles. The number of aromatic nitrogens is 1. The first-order valence-electron chi connectivity index (χ1n) is 4.68. The van der Waals surface area contributed by atoms with Crippen LogP contribution in [0.4, 0.5) is 0 Å². The van der Waals surface area contributed by atoms with Crippen LogP contribution in [0.5, 0.6) is 11.6 Å². The summed E-state index contributed by atoms with van der Waals surface area (Å²) < 4.78 is 15.3. The molecule has 0 radical (unpaired) electrons. The van der Waals surface area contributed by atoms with Crippen molar-refractivity contribution in [2.24, 2.45) is 0 Å². The van der Waals surface area contributed by atoms with Crippen molar-refractivity contribution in [1.29, 1.82) is 0 Å². The molecule has 0 aromatic carbocycles. The average Bonchev–Trinajstić information content (AvgIpc) is 2.30. The number of hydrogen-bond donors (Lipinski definition) is 1. The lowest BCUT2D eigenvalue weighted by Gasteiger charge is -2.05. The van der Waals surface area contributed by atoms with E-state index in [2.05, 4.69) is 4.98 Å². The average molecular weight is 213 g/mol. The van der Waals surface area contributed by atoms with E-state index in [1.807, 2.05) is 0 Å². The number of aliphatic hydroxyl groups excluding tert-OH is 1. The molecule has 0 amide bonds. The molecule has 0 spiro atoms. The highest BCUT2D eigenvalue weighted by Gasteiger charge is 1.96. The number of hydrogen-bond acceptors (Lipinski definition) is 5. The third-order valence-electron chi connectivity index (χ3n) is 1.66. The monoisotopic (exact) mass is 213 g/mol. The van der Waals surface area contributed by atoms with Crippen LogP contribution in [0.15, 0.2) is 18.3 Å². The molecule has 5 heteroatoms. The highest BCUT2D eigenvalue weighted by molar-refractivity contribution is 5.22. The standard InChI is InChI=1S/C10H15NO4/c1-13-9-2-3-10(11-8-9)15-7-6-14-5-4-12/h2-3,8,12H,4-7H2,1H3. The summed E-state index contributed by atoms with van der Waals surface area (Å²) in [7, 11) is 1.58. The van der Waals surface area contributed by atoms with Gasteiger partial charge in [0.05, 0.1) is 33.1 Å². The lowest BCUT2D eigenvalue weighted by Crippen LogP contribution is -2.09. The Labute approximate surface area is 88.6 Å². The lowest BCUT2D eigenvalue weighted by molar-refractivity contribution is 0.0695. The zero-order chi connectivity index (χ0) is 10.9.